The third kappa shape index (κ3) is 3.24. The van der Waals surface area contributed by atoms with Gasteiger partial charge < -0.3 is 10.1 Å². The summed E-state index contributed by atoms with van der Waals surface area (Å²) >= 11 is 3.44. The van der Waals surface area contributed by atoms with Gasteiger partial charge in [0, 0.05) is 10.7 Å². The molecule has 0 saturated heterocycles. The molecule has 1 rings (SSSR count). The van der Waals surface area contributed by atoms with Crippen LogP contribution in [0.3, 0.4) is 0 Å². The van der Waals surface area contributed by atoms with Crippen LogP contribution in [0.5, 0.6) is 5.75 Å². The van der Waals surface area contributed by atoms with Crippen LogP contribution in [0.4, 0.5) is 5.69 Å². The maximum atomic E-state index is 5.10. The Morgan fingerprint density at radius 2 is 2.25 bits per heavy atom. The summed E-state index contributed by atoms with van der Waals surface area (Å²) in [7, 11) is 1.63. The molecule has 16 heavy (non-hydrogen) atoms. The second kappa shape index (κ2) is 6.12. The summed E-state index contributed by atoms with van der Waals surface area (Å²) in [5, 5.41) is 3.11. The van der Waals surface area contributed by atoms with Crippen LogP contribution in [0.15, 0.2) is 53.1 Å². The Balaban J connectivity index is 2.93. The van der Waals surface area contributed by atoms with Gasteiger partial charge in [0.2, 0.25) is 0 Å². The molecule has 3 nitrogen and oxygen atoms in total. The largest absolute Gasteiger partial charge is 0.497 e. The van der Waals surface area contributed by atoms with Gasteiger partial charge >= 0.3 is 0 Å². The Kier molecular flexibility index (Phi) is 4.79. The zero-order valence-electron chi connectivity index (χ0n) is 9.03. The van der Waals surface area contributed by atoms with Crippen LogP contribution < -0.4 is 10.1 Å². The van der Waals surface area contributed by atoms with Crippen molar-refractivity contribution in [2.24, 2.45) is 4.99 Å². The molecular formula is C12H13BrN2O. The number of ether oxygens (including phenoxy) is 1. The lowest BCUT2D eigenvalue weighted by molar-refractivity contribution is 0.414. The monoisotopic (exact) mass is 280 g/mol. The number of amidine groups is 1. The summed E-state index contributed by atoms with van der Waals surface area (Å²) in [6, 6.07) is 5.63. The van der Waals surface area contributed by atoms with E-state index in [1.807, 2.05) is 18.2 Å². The zero-order chi connectivity index (χ0) is 12.0. The molecule has 1 N–H and O–H groups in total. The van der Waals surface area contributed by atoms with E-state index in [1.54, 1.807) is 13.2 Å². The number of rotatable bonds is 4. The molecule has 1 aromatic rings. The van der Waals surface area contributed by atoms with Gasteiger partial charge in [-0.15, -0.1) is 0 Å². The number of halogens is 1. The molecule has 0 spiro atoms. The molecule has 0 atom stereocenters. The lowest BCUT2D eigenvalue weighted by atomic mass is 10.3. The summed E-state index contributed by atoms with van der Waals surface area (Å²) in [4.78, 5) is 4.02. The van der Waals surface area contributed by atoms with Gasteiger partial charge in [0.1, 0.15) is 11.6 Å². The molecule has 1 aromatic carbocycles. The minimum absolute atomic E-state index is 0.640. The quantitative estimate of drug-likeness (QED) is 0.675. The summed E-state index contributed by atoms with van der Waals surface area (Å²) in [6.07, 6.45) is 3.08. The van der Waals surface area contributed by atoms with Gasteiger partial charge in [0.25, 0.3) is 0 Å². The molecule has 0 heterocycles. The van der Waals surface area contributed by atoms with E-state index in [2.05, 4.69) is 39.4 Å². The van der Waals surface area contributed by atoms with E-state index in [9.17, 15) is 0 Å². The van der Waals surface area contributed by atoms with Crippen LogP contribution in [0.2, 0.25) is 0 Å². The third-order valence-corrected chi connectivity index (χ3v) is 2.52. The lowest BCUT2D eigenvalue weighted by Crippen LogP contribution is -2.08. The summed E-state index contributed by atoms with van der Waals surface area (Å²) in [5.74, 6) is 1.43. The molecular weight excluding hydrogens is 268 g/mol. The highest BCUT2D eigenvalue weighted by molar-refractivity contribution is 9.10. The van der Waals surface area contributed by atoms with E-state index in [0.29, 0.717) is 5.84 Å². The Labute approximate surface area is 104 Å². The number of nitrogens with one attached hydrogen (secondary N) is 1. The standard InChI is InChI=1S/C12H13BrN2O/c1-4-12(14-5-2)15-11-7-6-9(16-3)8-10(11)13/h4-8H,1-2H2,3H3,(H,14,15). The normalized spacial score (nSPS) is 10.8. The number of benzene rings is 1. The first-order valence-electron chi connectivity index (χ1n) is 4.63. The first kappa shape index (κ1) is 12.5. The van der Waals surface area contributed by atoms with Crippen molar-refractivity contribution in [3.8, 4) is 5.75 Å². The van der Waals surface area contributed by atoms with Gasteiger partial charge in [0.05, 0.1) is 12.8 Å². The van der Waals surface area contributed by atoms with Gasteiger partial charge in [-0.2, -0.15) is 0 Å². The van der Waals surface area contributed by atoms with Crippen LogP contribution in [-0.4, -0.2) is 12.9 Å². The minimum atomic E-state index is 0.640. The number of hydrogen-bond acceptors (Lipinski definition) is 2. The van der Waals surface area contributed by atoms with Crippen LogP contribution in [0.1, 0.15) is 0 Å². The van der Waals surface area contributed by atoms with E-state index < -0.39 is 0 Å². The number of aliphatic imine (C=N–C) groups is 1. The Morgan fingerprint density at radius 1 is 1.50 bits per heavy atom. The Bertz CT molecular complexity index is 427. The maximum absolute atomic E-state index is 5.10. The molecule has 0 radical (unpaired) electrons. The predicted molar refractivity (Wildman–Crippen MR) is 72.1 cm³/mol. The second-order valence-electron chi connectivity index (χ2n) is 2.87. The molecule has 0 fully saturated rings. The van der Waals surface area contributed by atoms with E-state index >= 15 is 0 Å². The van der Waals surface area contributed by atoms with Crippen LogP contribution in [0, 0.1) is 0 Å². The smallest absolute Gasteiger partial charge is 0.129 e. The van der Waals surface area contributed by atoms with Crippen molar-refractivity contribution in [1.29, 1.82) is 0 Å². The molecule has 84 valence electrons. The van der Waals surface area contributed by atoms with Gasteiger partial charge in [-0.25, -0.2) is 4.99 Å². The summed E-state index contributed by atoms with van der Waals surface area (Å²) < 4.78 is 6.00. The second-order valence-corrected chi connectivity index (χ2v) is 3.73. The van der Waals surface area contributed by atoms with Crippen molar-refractivity contribution < 1.29 is 4.74 Å². The van der Waals surface area contributed by atoms with Crippen molar-refractivity contribution in [3.63, 3.8) is 0 Å². The van der Waals surface area contributed by atoms with Crippen LogP contribution >= 0.6 is 15.9 Å². The van der Waals surface area contributed by atoms with E-state index in [-0.39, 0.29) is 0 Å². The van der Waals surface area contributed by atoms with E-state index in [4.69, 9.17) is 4.74 Å². The van der Waals surface area contributed by atoms with Crippen molar-refractivity contribution in [3.05, 3.63) is 48.1 Å². The number of anilines is 1. The summed E-state index contributed by atoms with van der Waals surface area (Å²) in [5.41, 5.74) is 0.890. The van der Waals surface area contributed by atoms with Gasteiger partial charge in [-0.1, -0.05) is 13.2 Å². The van der Waals surface area contributed by atoms with Crippen molar-refractivity contribution in [2.45, 2.75) is 0 Å². The average Bonchev–Trinajstić information content (AvgIpc) is 2.30. The first-order chi connectivity index (χ1) is 7.71. The fraction of sp³-hybridized carbons (Fsp3) is 0.0833. The highest BCUT2D eigenvalue weighted by atomic mass is 79.9. The molecule has 0 amide bonds. The number of methoxy groups -OCH3 is 1. The van der Waals surface area contributed by atoms with Gasteiger partial charge in [-0.05, 0) is 40.2 Å². The zero-order valence-corrected chi connectivity index (χ0v) is 10.6. The minimum Gasteiger partial charge on any atom is -0.497 e. The SMILES string of the molecule is C=CN=C(C=C)Nc1ccc(OC)cc1Br. The topological polar surface area (TPSA) is 33.6 Å². The molecule has 0 aliphatic carbocycles. The number of nitrogens with zero attached hydrogens (tertiary/aromatic N) is 1. The first-order valence-corrected chi connectivity index (χ1v) is 5.42. The fourth-order valence-electron chi connectivity index (χ4n) is 1.10. The molecule has 0 saturated carbocycles. The fourth-order valence-corrected chi connectivity index (χ4v) is 1.55. The highest BCUT2D eigenvalue weighted by Gasteiger charge is 2.02. The van der Waals surface area contributed by atoms with E-state index in [1.165, 1.54) is 6.20 Å². The van der Waals surface area contributed by atoms with Crippen LogP contribution in [-0.2, 0) is 0 Å². The van der Waals surface area contributed by atoms with Gasteiger partial charge in [-0.3, -0.25) is 0 Å². The van der Waals surface area contributed by atoms with E-state index in [0.717, 1.165) is 15.9 Å². The average molecular weight is 281 g/mol. The molecule has 0 aliphatic rings. The number of hydrogen-bond donors (Lipinski definition) is 1. The maximum Gasteiger partial charge on any atom is 0.129 e. The highest BCUT2D eigenvalue weighted by Crippen LogP contribution is 2.27. The molecule has 0 aromatic heterocycles. The summed E-state index contributed by atoms with van der Waals surface area (Å²) in [6.45, 7) is 7.19. The van der Waals surface area contributed by atoms with Crippen molar-refractivity contribution in [1.82, 2.24) is 0 Å². The molecule has 4 heteroatoms. The molecule has 0 aliphatic heterocycles. The molecule has 0 unspecified atom stereocenters. The third-order valence-electron chi connectivity index (χ3n) is 1.86. The molecule has 0 bridgehead atoms. The Morgan fingerprint density at radius 3 is 2.75 bits per heavy atom. The van der Waals surface area contributed by atoms with Crippen molar-refractivity contribution in [2.75, 3.05) is 12.4 Å². The Hall–Kier alpha value is -1.55. The van der Waals surface area contributed by atoms with Crippen molar-refractivity contribution >= 4 is 27.5 Å². The van der Waals surface area contributed by atoms with Gasteiger partial charge in [0.15, 0.2) is 0 Å². The van der Waals surface area contributed by atoms with Crippen LogP contribution in [0.25, 0.3) is 0 Å². The lowest BCUT2D eigenvalue weighted by Gasteiger charge is -2.09. The predicted octanol–water partition coefficient (Wildman–Crippen LogP) is 3.60.